The van der Waals surface area contributed by atoms with Crippen LogP contribution in [-0.2, 0) is 16.1 Å². The summed E-state index contributed by atoms with van der Waals surface area (Å²) in [5.74, 6) is 0.523. The summed E-state index contributed by atoms with van der Waals surface area (Å²) < 4.78 is 5.20. The molecule has 5 nitrogen and oxygen atoms in total. The van der Waals surface area contributed by atoms with Crippen LogP contribution in [-0.4, -0.2) is 29.8 Å². The summed E-state index contributed by atoms with van der Waals surface area (Å²) in [6, 6.07) is 3.62. The van der Waals surface area contributed by atoms with E-state index in [-0.39, 0.29) is 17.7 Å². The second-order valence-corrected chi connectivity index (χ2v) is 6.40. The predicted octanol–water partition coefficient (Wildman–Crippen LogP) is 2.63. The van der Waals surface area contributed by atoms with Crippen LogP contribution in [0.15, 0.2) is 34.5 Å². The molecule has 0 saturated carbocycles. The number of carbonyl (C=O) groups is 2. The van der Waals surface area contributed by atoms with E-state index in [1.54, 1.807) is 12.3 Å². The molecule has 0 spiro atoms. The number of nitrogens with one attached hydrogen (secondary N) is 1. The summed E-state index contributed by atoms with van der Waals surface area (Å²) in [5.41, 5.74) is 1.47. The Morgan fingerprint density at radius 1 is 1.39 bits per heavy atom. The molecule has 2 amide bonds. The first-order valence-corrected chi connectivity index (χ1v) is 8.48. The first kappa shape index (κ1) is 15.8. The fourth-order valence-corrected chi connectivity index (χ4v) is 3.31. The number of rotatable bonds is 6. The summed E-state index contributed by atoms with van der Waals surface area (Å²) in [7, 11) is 0. The van der Waals surface area contributed by atoms with Gasteiger partial charge in [0.2, 0.25) is 11.8 Å². The molecular weight excluding hydrogens is 292 g/mol. The van der Waals surface area contributed by atoms with Crippen molar-refractivity contribution >= 4 is 11.8 Å². The number of nitrogens with zero attached hydrogens (tertiary/aromatic N) is 1. The molecule has 1 saturated heterocycles. The van der Waals surface area contributed by atoms with Gasteiger partial charge in [0.25, 0.3) is 0 Å². The minimum Gasteiger partial charge on any atom is -0.467 e. The van der Waals surface area contributed by atoms with Gasteiger partial charge >= 0.3 is 0 Å². The van der Waals surface area contributed by atoms with Crippen LogP contribution in [0.1, 0.15) is 44.3 Å². The number of hydrogen-bond acceptors (Lipinski definition) is 3. The van der Waals surface area contributed by atoms with Crippen LogP contribution in [0.25, 0.3) is 0 Å². The number of amides is 2. The van der Waals surface area contributed by atoms with E-state index in [9.17, 15) is 9.59 Å². The Labute approximate surface area is 136 Å². The van der Waals surface area contributed by atoms with Gasteiger partial charge in [-0.1, -0.05) is 11.6 Å². The van der Waals surface area contributed by atoms with E-state index in [1.807, 2.05) is 11.0 Å². The maximum absolute atomic E-state index is 12.2. The maximum atomic E-state index is 12.2. The van der Waals surface area contributed by atoms with Crippen molar-refractivity contribution in [1.29, 1.82) is 0 Å². The van der Waals surface area contributed by atoms with E-state index in [0.717, 1.165) is 25.1 Å². The Bertz CT molecular complexity index is 577. The third kappa shape index (κ3) is 4.24. The Morgan fingerprint density at radius 2 is 2.30 bits per heavy atom. The molecule has 2 aliphatic rings. The summed E-state index contributed by atoms with van der Waals surface area (Å²) >= 11 is 0. The van der Waals surface area contributed by atoms with Gasteiger partial charge in [-0.2, -0.15) is 0 Å². The fraction of sp³-hybridized carbons (Fsp3) is 0.556. The van der Waals surface area contributed by atoms with Crippen LogP contribution < -0.4 is 5.32 Å². The second-order valence-electron chi connectivity index (χ2n) is 6.40. The van der Waals surface area contributed by atoms with Crippen molar-refractivity contribution in [2.75, 3.05) is 13.1 Å². The summed E-state index contributed by atoms with van der Waals surface area (Å²) in [6.45, 7) is 1.66. The number of allylic oxidation sites excluding steroid dienone is 1. The van der Waals surface area contributed by atoms with Gasteiger partial charge in [-0.15, -0.1) is 0 Å². The van der Waals surface area contributed by atoms with Gasteiger partial charge in [0, 0.05) is 19.5 Å². The van der Waals surface area contributed by atoms with Gasteiger partial charge in [0.1, 0.15) is 5.76 Å². The first-order valence-electron chi connectivity index (χ1n) is 8.48. The average molecular weight is 316 g/mol. The third-order valence-electron chi connectivity index (χ3n) is 4.69. The van der Waals surface area contributed by atoms with E-state index >= 15 is 0 Å². The Kier molecular flexibility index (Phi) is 5.16. The van der Waals surface area contributed by atoms with Gasteiger partial charge in [-0.25, -0.2) is 0 Å². The second kappa shape index (κ2) is 7.49. The Hall–Kier alpha value is -2.04. The molecule has 1 fully saturated rings. The molecule has 0 bridgehead atoms. The lowest BCUT2D eigenvalue weighted by Crippen LogP contribution is -2.33. The van der Waals surface area contributed by atoms with Crippen molar-refractivity contribution in [3.05, 3.63) is 35.8 Å². The molecule has 0 aromatic carbocycles. The van der Waals surface area contributed by atoms with Crippen LogP contribution in [0, 0.1) is 5.92 Å². The van der Waals surface area contributed by atoms with Crippen LogP contribution in [0.3, 0.4) is 0 Å². The highest BCUT2D eigenvalue weighted by atomic mass is 16.3. The minimum absolute atomic E-state index is 0.0610. The number of carbonyl (C=O) groups excluding carboxylic acids is 2. The predicted molar refractivity (Wildman–Crippen MR) is 86.4 cm³/mol. The van der Waals surface area contributed by atoms with Gasteiger partial charge in [-0.05, 0) is 44.2 Å². The molecule has 5 heteroatoms. The molecule has 1 unspecified atom stereocenters. The quantitative estimate of drug-likeness (QED) is 0.821. The SMILES string of the molecule is O=C(NCc1ccco1)C1CC(=O)N(CCC2=CCCCC2)C1. The molecular formula is C18H24N2O3. The minimum atomic E-state index is -0.238. The molecule has 0 radical (unpaired) electrons. The largest absolute Gasteiger partial charge is 0.467 e. The van der Waals surface area contributed by atoms with Crippen molar-refractivity contribution in [1.82, 2.24) is 10.2 Å². The summed E-state index contributed by atoms with van der Waals surface area (Å²) in [5, 5.41) is 2.85. The zero-order valence-corrected chi connectivity index (χ0v) is 13.4. The monoisotopic (exact) mass is 316 g/mol. The lowest BCUT2D eigenvalue weighted by molar-refractivity contribution is -0.129. The normalized spacial score (nSPS) is 21.4. The van der Waals surface area contributed by atoms with Gasteiger partial charge in [-0.3, -0.25) is 9.59 Å². The van der Waals surface area contributed by atoms with Gasteiger partial charge in [0.05, 0.1) is 18.7 Å². The standard InChI is InChI=1S/C18H24N2O3/c21-17-11-15(18(22)19-12-16-7-4-10-23-16)13-20(17)9-8-14-5-2-1-3-6-14/h4-5,7,10,15H,1-3,6,8-9,11-13H2,(H,19,22). The van der Waals surface area contributed by atoms with Crippen LogP contribution in [0.5, 0.6) is 0 Å². The zero-order valence-electron chi connectivity index (χ0n) is 13.4. The van der Waals surface area contributed by atoms with Gasteiger partial charge in [0.15, 0.2) is 0 Å². The highest BCUT2D eigenvalue weighted by Gasteiger charge is 2.33. The topological polar surface area (TPSA) is 62.6 Å². The van der Waals surface area contributed by atoms with E-state index < -0.39 is 0 Å². The maximum Gasteiger partial charge on any atom is 0.225 e. The average Bonchev–Trinajstić information content (AvgIpc) is 3.21. The highest BCUT2D eigenvalue weighted by molar-refractivity contribution is 5.89. The fourth-order valence-electron chi connectivity index (χ4n) is 3.31. The van der Waals surface area contributed by atoms with E-state index in [4.69, 9.17) is 4.42 Å². The van der Waals surface area contributed by atoms with E-state index in [2.05, 4.69) is 11.4 Å². The lowest BCUT2D eigenvalue weighted by Gasteiger charge is -2.19. The third-order valence-corrected chi connectivity index (χ3v) is 4.69. The van der Waals surface area contributed by atoms with Crippen molar-refractivity contribution in [3.8, 4) is 0 Å². The Morgan fingerprint density at radius 3 is 3.04 bits per heavy atom. The molecule has 1 aliphatic heterocycles. The Balaban J connectivity index is 1.44. The zero-order chi connectivity index (χ0) is 16.1. The number of hydrogen-bond donors (Lipinski definition) is 1. The molecule has 1 aliphatic carbocycles. The first-order chi connectivity index (χ1) is 11.2. The van der Waals surface area contributed by atoms with E-state index in [1.165, 1.54) is 24.8 Å². The van der Waals surface area contributed by atoms with Crippen LogP contribution in [0.2, 0.25) is 0 Å². The van der Waals surface area contributed by atoms with Crippen molar-refractivity contribution in [2.24, 2.45) is 5.92 Å². The highest BCUT2D eigenvalue weighted by Crippen LogP contribution is 2.23. The summed E-state index contributed by atoms with van der Waals surface area (Å²) in [4.78, 5) is 26.1. The van der Waals surface area contributed by atoms with Gasteiger partial charge < -0.3 is 14.6 Å². The van der Waals surface area contributed by atoms with E-state index in [0.29, 0.717) is 19.5 Å². The number of likely N-dealkylation sites (tertiary alicyclic amines) is 1. The van der Waals surface area contributed by atoms with Crippen molar-refractivity contribution in [2.45, 2.75) is 45.1 Å². The van der Waals surface area contributed by atoms with Crippen molar-refractivity contribution < 1.29 is 14.0 Å². The lowest BCUT2D eigenvalue weighted by atomic mass is 9.97. The molecule has 1 aromatic rings. The molecule has 124 valence electrons. The molecule has 1 N–H and O–H groups in total. The smallest absolute Gasteiger partial charge is 0.225 e. The van der Waals surface area contributed by atoms with Crippen molar-refractivity contribution in [3.63, 3.8) is 0 Å². The molecule has 1 aromatic heterocycles. The van der Waals surface area contributed by atoms with Crippen LogP contribution >= 0.6 is 0 Å². The molecule has 1 atom stereocenters. The summed E-state index contributed by atoms with van der Waals surface area (Å²) in [6.07, 6.45) is 10.0. The van der Waals surface area contributed by atoms with Crippen LogP contribution in [0.4, 0.5) is 0 Å². The molecule has 2 heterocycles. The number of furan rings is 1. The molecule has 23 heavy (non-hydrogen) atoms. The molecule has 3 rings (SSSR count).